The lowest BCUT2D eigenvalue weighted by Crippen LogP contribution is -2.24. The Labute approximate surface area is 234 Å². The lowest BCUT2D eigenvalue weighted by Gasteiger charge is -2.20. The van der Waals surface area contributed by atoms with Gasteiger partial charge in [-0.1, -0.05) is 25.3 Å². The van der Waals surface area contributed by atoms with Crippen molar-refractivity contribution in [3.8, 4) is 21.1 Å². The molecule has 0 aliphatic heterocycles. The molecule has 1 fully saturated rings. The Balaban J connectivity index is 0.00000308. The van der Waals surface area contributed by atoms with Crippen molar-refractivity contribution in [1.29, 1.82) is 0 Å². The minimum absolute atomic E-state index is 0. The zero-order valence-electron chi connectivity index (χ0n) is 21.6. The summed E-state index contributed by atoms with van der Waals surface area (Å²) in [6, 6.07) is 16.9. The molecule has 5 N–H and O–H groups in total. The first-order chi connectivity index (χ1) is 18.3. The predicted molar refractivity (Wildman–Crippen MR) is 158 cm³/mol. The molecule has 202 valence electrons. The van der Waals surface area contributed by atoms with E-state index >= 15 is 0 Å². The number of carbonyl (C=O) groups excluding carboxylic acids is 1. The molecule has 1 aliphatic carbocycles. The minimum Gasteiger partial charge on any atom is -0.744 e. The van der Waals surface area contributed by atoms with Gasteiger partial charge in [-0.3, -0.25) is 4.79 Å². The first-order valence-electron chi connectivity index (χ1n) is 12.4. The Hall–Kier alpha value is -3.22. The third-order valence-electron chi connectivity index (χ3n) is 6.97. The van der Waals surface area contributed by atoms with Crippen molar-refractivity contribution in [2.75, 3.05) is 5.32 Å². The van der Waals surface area contributed by atoms with Crippen LogP contribution in [0.1, 0.15) is 37.7 Å². The number of fused-ring (bicyclic) bond motifs is 2. The molecule has 0 unspecified atom stereocenters. The summed E-state index contributed by atoms with van der Waals surface area (Å²) in [7, 11) is -4.62. The molecule has 1 amide bonds. The number of rotatable bonds is 5. The fraction of sp³-hybridized carbons (Fsp3) is 0.250. The fourth-order valence-electron chi connectivity index (χ4n) is 4.99. The molecule has 6 rings (SSSR count). The van der Waals surface area contributed by atoms with Gasteiger partial charge in [0.25, 0.3) is 0 Å². The highest BCUT2D eigenvalue weighted by Crippen LogP contribution is 2.38. The molecule has 2 aromatic heterocycles. The Bertz CT molecular complexity index is 1790. The molecule has 8 nitrogen and oxygen atoms in total. The standard InChI is InChI=1S/C28H25N3O4S3.H3N/c1-16-7-13-22-24(25(16)38(33,34)35)37-28(31-22)19-10-14-21-23(15-19)36-27(30-21)18-8-11-20(12-9-18)29-26(32)17-5-3-2-4-6-17;/h7-15,17H,2-6H2,1H3,(H,29,32)(H,33,34,35);1H3. The topological polar surface area (TPSA) is 149 Å². The van der Waals surface area contributed by atoms with Gasteiger partial charge in [-0.25, -0.2) is 18.4 Å². The third-order valence-corrected chi connectivity index (χ3v) is 10.3. The maximum absolute atomic E-state index is 12.6. The van der Waals surface area contributed by atoms with Crippen LogP contribution in [0.2, 0.25) is 0 Å². The monoisotopic (exact) mass is 580 g/mol. The maximum Gasteiger partial charge on any atom is 0.227 e. The maximum atomic E-state index is 12.6. The van der Waals surface area contributed by atoms with Gasteiger partial charge in [0.1, 0.15) is 20.1 Å². The highest BCUT2D eigenvalue weighted by Gasteiger charge is 2.21. The molecule has 11 heteroatoms. The minimum atomic E-state index is -4.62. The van der Waals surface area contributed by atoms with Gasteiger partial charge in [0.05, 0.1) is 25.3 Å². The summed E-state index contributed by atoms with van der Waals surface area (Å²) in [6.07, 6.45) is 5.39. The molecule has 5 aromatic rings. The van der Waals surface area contributed by atoms with Crippen LogP contribution in [0.15, 0.2) is 59.5 Å². The van der Waals surface area contributed by atoms with Crippen LogP contribution < -0.4 is 11.5 Å². The first-order valence-corrected chi connectivity index (χ1v) is 15.5. The number of aryl methyl sites for hydroxylation is 1. The zero-order valence-corrected chi connectivity index (χ0v) is 24.0. The van der Waals surface area contributed by atoms with E-state index in [0.717, 1.165) is 57.7 Å². The van der Waals surface area contributed by atoms with Gasteiger partial charge < -0.3 is 16.0 Å². The number of thiazole rings is 2. The molecule has 39 heavy (non-hydrogen) atoms. The number of nitrogens with one attached hydrogen (secondary N) is 1. The number of quaternary nitrogens is 1. The Morgan fingerprint density at radius 2 is 1.54 bits per heavy atom. The molecule has 1 aliphatic rings. The average Bonchev–Trinajstić information content (AvgIpc) is 3.52. The lowest BCUT2D eigenvalue weighted by molar-refractivity contribution is -0.120. The van der Waals surface area contributed by atoms with Crippen LogP contribution in [0.4, 0.5) is 5.69 Å². The van der Waals surface area contributed by atoms with E-state index in [9.17, 15) is 17.8 Å². The van der Waals surface area contributed by atoms with Gasteiger partial charge in [-0.15, -0.1) is 22.7 Å². The summed E-state index contributed by atoms with van der Waals surface area (Å²) >= 11 is 2.76. The number of nitrogens with zero attached hydrogens (tertiary/aromatic N) is 2. The van der Waals surface area contributed by atoms with Crippen molar-refractivity contribution in [2.45, 2.75) is 43.9 Å². The summed E-state index contributed by atoms with van der Waals surface area (Å²) in [5.74, 6) is 0.215. The second kappa shape index (κ2) is 10.7. The van der Waals surface area contributed by atoms with E-state index in [2.05, 4.69) is 10.3 Å². The molecule has 0 saturated heterocycles. The SMILES string of the molecule is Cc1ccc2nc(-c3ccc4nc(-c5ccc(NC(=O)C6CCCCC6)cc5)sc4c3)sc2c1S(=O)(=O)[O-].[NH4+]. The van der Waals surface area contributed by atoms with Gasteiger partial charge in [0, 0.05) is 22.7 Å². The highest BCUT2D eigenvalue weighted by molar-refractivity contribution is 7.86. The van der Waals surface area contributed by atoms with Crippen molar-refractivity contribution in [3.05, 3.63) is 60.2 Å². The molecule has 0 radical (unpaired) electrons. The van der Waals surface area contributed by atoms with Crippen molar-refractivity contribution < 1.29 is 17.8 Å². The van der Waals surface area contributed by atoms with E-state index in [1.165, 1.54) is 17.8 Å². The Morgan fingerprint density at radius 1 is 0.897 bits per heavy atom. The van der Waals surface area contributed by atoms with Gasteiger partial charge >= 0.3 is 0 Å². The molecule has 1 saturated carbocycles. The summed E-state index contributed by atoms with van der Waals surface area (Å²) in [5, 5.41) is 4.56. The number of carbonyl (C=O) groups is 1. The van der Waals surface area contributed by atoms with Gasteiger partial charge in [0.2, 0.25) is 5.91 Å². The van der Waals surface area contributed by atoms with Gasteiger partial charge in [-0.05, 0) is 73.9 Å². The van der Waals surface area contributed by atoms with Crippen LogP contribution in [0, 0.1) is 12.8 Å². The molecular formula is C28H28N4O4S3. The van der Waals surface area contributed by atoms with E-state index in [1.54, 1.807) is 30.4 Å². The second-order valence-electron chi connectivity index (χ2n) is 9.64. The molecule has 0 bridgehead atoms. The van der Waals surface area contributed by atoms with Crippen molar-refractivity contribution in [1.82, 2.24) is 16.1 Å². The average molecular weight is 581 g/mol. The summed E-state index contributed by atoms with van der Waals surface area (Å²) in [4.78, 5) is 21.7. The highest BCUT2D eigenvalue weighted by atomic mass is 32.2. The Kier molecular flexibility index (Phi) is 7.53. The quantitative estimate of drug-likeness (QED) is 0.208. The molecule has 0 atom stereocenters. The predicted octanol–water partition coefficient (Wildman–Crippen LogP) is 7.35. The van der Waals surface area contributed by atoms with E-state index in [4.69, 9.17) is 4.98 Å². The number of hydrogen-bond acceptors (Lipinski definition) is 8. The van der Waals surface area contributed by atoms with E-state index in [0.29, 0.717) is 20.8 Å². The number of amides is 1. The van der Waals surface area contributed by atoms with Crippen LogP contribution in [-0.4, -0.2) is 28.8 Å². The third kappa shape index (κ3) is 5.45. The lowest BCUT2D eigenvalue weighted by atomic mass is 9.88. The van der Waals surface area contributed by atoms with Crippen LogP contribution in [0.5, 0.6) is 0 Å². The second-order valence-corrected chi connectivity index (χ2v) is 13.0. The normalized spacial score (nSPS) is 14.4. The van der Waals surface area contributed by atoms with Gasteiger partial charge in [0.15, 0.2) is 0 Å². The van der Waals surface area contributed by atoms with E-state index in [-0.39, 0.29) is 22.9 Å². The van der Waals surface area contributed by atoms with Crippen molar-refractivity contribution >= 4 is 64.8 Å². The summed E-state index contributed by atoms with van der Waals surface area (Å²) in [5.41, 5.74) is 4.35. The molecule has 3 aromatic carbocycles. The van der Waals surface area contributed by atoms with Gasteiger partial charge in [-0.2, -0.15) is 0 Å². The summed E-state index contributed by atoms with van der Waals surface area (Å²) < 4.78 is 37.0. The van der Waals surface area contributed by atoms with E-state index in [1.807, 2.05) is 42.5 Å². The van der Waals surface area contributed by atoms with Crippen LogP contribution in [-0.2, 0) is 14.9 Å². The smallest absolute Gasteiger partial charge is 0.227 e. The molecule has 2 heterocycles. The number of anilines is 1. The van der Waals surface area contributed by atoms with Crippen LogP contribution in [0.25, 0.3) is 41.6 Å². The number of benzene rings is 3. The fourth-order valence-corrected chi connectivity index (χ4v) is 8.28. The summed E-state index contributed by atoms with van der Waals surface area (Å²) in [6.45, 7) is 1.62. The first kappa shape index (κ1) is 27.4. The van der Waals surface area contributed by atoms with E-state index < -0.39 is 10.1 Å². The number of hydrogen-bond donors (Lipinski definition) is 2. The number of aromatic nitrogens is 2. The molecular weight excluding hydrogens is 553 g/mol. The largest absolute Gasteiger partial charge is 0.744 e. The van der Waals surface area contributed by atoms with Crippen molar-refractivity contribution in [2.24, 2.45) is 5.92 Å². The zero-order chi connectivity index (χ0) is 26.4. The van der Waals surface area contributed by atoms with Crippen LogP contribution >= 0.6 is 22.7 Å². The van der Waals surface area contributed by atoms with Crippen LogP contribution in [0.3, 0.4) is 0 Å². The Morgan fingerprint density at radius 3 is 2.26 bits per heavy atom. The van der Waals surface area contributed by atoms with Crippen molar-refractivity contribution in [3.63, 3.8) is 0 Å². The molecule has 0 spiro atoms.